The Bertz CT molecular complexity index is 1420. The molecular formula is C33H38ClN5O4. The Balaban J connectivity index is 1.31. The van der Waals surface area contributed by atoms with Gasteiger partial charge < -0.3 is 10.2 Å². The third kappa shape index (κ3) is 8.72. The van der Waals surface area contributed by atoms with E-state index in [1.165, 1.54) is 0 Å². The van der Waals surface area contributed by atoms with Gasteiger partial charge in [-0.1, -0.05) is 37.1 Å². The number of pyridine rings is 1. The molecule has 1 saturated heterocycles. The first kappa shape index (κ1) is 31.8. The largest absolute Gasteiger partial charge is 0.370 e. The van der Waals surface area contributed by atoms with E-state index in [2.05, 4.69) is 26.6 Å². The molecule has 1 atom stereocenters. The summed E-state index contributed by atoms with van der Waals surface area (Å²) >= 11 is 6.12. The maximum absolute atomic E-state index is 13.0. The quantitative estimate of drug-likeness (QED) is 0.254. The lowest BCUT2D eigenvalue weighted by molar-refractivity contribution is -0.129. The van der Waals surface area contributed by atoms with Crippen molar-refractivity contribution in [1.29, 1.82) is 0 Å². The molecule has 10 heteroatoms. The number of halogens is 1. The van der Waals surface area contributed by atoms with Crippen LogP contribution in [0.25, 0.3) is 11.3 Å². The molecule has 2 N–H and O–H groups in total. The number of amides is 3. The van der Waals surface area contributed by atoms with Crippen LogP contribution >= 0.6 is 11.6 Å². The molecule has 1 aliphatic heterocycles. The van der Waals surface area contributed by atoms with Gasteiger partial charge in [0, 0.05) is 47.9 Å². The number of aldehydes is 1. The van der Waals surface area contributed by atoms with Crippen LogP contribution in [-0.4, -0.2) is 60.6 Å². The normalized spacial score (nSPS) is 14.3. The number of carbonyl (C=O) groups excluding carboxylic acids is 4. The predicted octanol–water partition coefficient (Wildman–Crippen LogP) is 5.33. The number of aromatic nitrogens is 1. The molecule has 1 fully saturated rings. The molecule has 0 radical (unpaired) electrons. The summed E-state index contributed by atoms with van der Waals surface area (Å²) in [4.78, 5) is 56.6. The molecule has 43 heavy (non-hydrogen) atoms. The van der Waals surface area contributed by atoms with Gasteiger partial charge in [0.05, 0.1) is 23.6 Å². The van der Waals surface area contributed by atoms with Gasteiger partial charge in [-0.25, -0.2) is 0 Å². The van der Waals surface area contributed by atoms with E-state index in [1.807, 2.05) is 48.4 Å². The summed E-state index contributed by atoms with van der Waals surface area (Å²) in [5.74, 6) is -0.187. The zero-order valence-corrected chi connectivity index (χ0v) is 25.3. The van der Waals surface area contributed by atoms with Crippen LogP contribution in [0.15, 0.2) is 60.8 Å². The van der Waals surface area contributed by atoms with Crippen molar-refractivity contribution >= 4 is 47.5 Å². The van der Waals surface area contributed by atoms with Crippen LogP contribution in [-0.2, 0) is 20.9 Å². The van der Waals surface area contributed by atoms with E-state index in [9.17, 15) is 19.2 Å². The van der Waals surface area contributed by atoms with Crippen molar-refractivity contribution in [3.63, 3.8) is 0 Å². The lowest BCUT2D eigenvalue weighted by atomic mass is 9.93. The number of piperidine rings is 1. The fourth-order valence-electron chi connectivity index (χ4n) is 5.55. The number of nitrogens with one attached hydrogen (secondary N) is 2. The van der Waals surface area contributed by atoms with Crippen molar-refractivity contribution < 1.29 is 19.2 Å². The first-order chi connectivity index (χ1) is 20.8. The molecular weight excluding hydrogens is 566 g/mol. The summed E-state index contributed by atoms with van der Waals surface area (Å²) in [7, 11) is 1.78. The smallest absolute Gasteiger partial charge is 0.243 e. The summed E-state index contributed by atoms with van der Waals surface area (Å²) in [6.07, 6.45) is 6.55. The van der Waals surface area contributed by atoms with Crippen molar-refractivity contribution in [2.75, 3.05) is 30.4 Å². The van der Waals surface area contributed by atoms with Gasteiger partial charge >= 0.3 is 0 Å². The molecule has 0 bridgehead atoms. The number of carbonyl (C=O) groups is 4. The molecule has 3 aromatic rings. The number of anilines is 2. The molecule has 3 amide bonds. The monoisotopic (exact) mass is 603 g/mol. The second-order valence-electron chi connectivity index (χ2n) is 11.0. The highest BCUT2D eigenvalue weighted by atomic mass is 35.5. The number of nitrogens with zero attached hydrogens (tertiary/aromatic N) is 3. The van der Waals surface area contributed by atoms with Gasteiger partial charge in [-0.3, -0.25) is 34.4 Å². The number of imide groups is 1. The Hall–Kier alpha value is -4.08. The van der Waals surface area contributed by atoms with Gasteiger partial charge in [0.2, 0.25) is 18.2 Å². The Morgan fingerprint density at radius 1 is 1.12 bits per heavy atom. The summed E-state index contributed by atoms with van der Waals surface area (Å²) in [6, 6.07) is 16.4. The van der Waals surface area contributed by atoms with Gasteiger partial charge in [0.1, 0.15) is 6.29 Å². The van der Waals surface area contributed by atoms with E-state index in [0.717, 1.165) is 55.6 Å². The van der Waals surface area contributed by atoms with E-state index in [1.54, 1.807) is 25.2 Å². The zero-order valence-electron chi connectivity index (χ0n) is 24.6. The highest BCUT2D eigenvalue weighted by molar-refractivity contribution is 6.30. The predicted molar refractivity (Wildman–Crippen MR) is 169 cm³/mol. The number of likely N-dealkylation sites (N-methyl/N-ethyl adjacent to an activating group) is 1. The van der Waals surface area contributed by atoms with Crippen LogP contribution in [0.4, 0.5) is 11.4 Å². The number of rotatable bonds is 13. The highest BCUT2D eigenvalue weighted by Gasteiger charge is 2.24. The van der Waals surface area contributed by atoms with Crippen LogP contribution in [0, 0.1) is 5.92 Å². The van der Waals surface area contributed by atoms with Gasteiger partial charge in [-0.15, -0.1) is 0 Å². The summed E-state index contributed by atoms with van der Waals surface area (Å²) in [6.45, 7) is 3.96. The third-order valence-electron chi connectivity index (χ3n) is 7.89. The minimum Gasteiger partial charge on any atom is -0.370 e. The van der Waals surface area contributed by atoms with Gasteiger partial charge in [-0.05, 0) is 80.3 Å². The van der Waals surface area contributed by atoms with E-state index in [-0.39, 0.29) is 17.7 Å². The van der Waals surface area contributed by atoms with Gasteiger partial charge in [0.25, 0.3) is 0 Å². The first-order valence-electron chi connectivity index (χ1n) is 14.6. The van der Waals surface area contributed by atoms with Crippen molar-refractivity contribution in [3.8, 4) is 11.3 Å². The topological polar surface area (TPSA) is 112 Å². The molecule has 1 unspecified atom stereocenters. The Morgan fingerprint density at radius 2 is 1.91 bits per heavy atom. The van der Waals surface area contributed by atoms with Gasteiger partial charge in [-0.2, -0.15) is 0 Å². The fourth-order valence-corrected chi connectivity index (χ4v) is 5.75. The van der Waals surface area contributed by atoms with E-state index >= 15 is 0 Å². The van der Waals surface area contributed by atoms with E-state index in [4.69, 9.17) is 11.6 Å². The molecule has 2 heterocycles. The lowest BCUT2D eigenvalue weighted by Gasteiger charge is -2.33. The van der Waals surface area contributed by atoms with Gasteiger partial charge in [0.15, 0.2) is 0 Å². The maximum atomic E-state index is 13.0. The molecule has 0 spiro atoms. The van der Waals surface area contributed by atoms with Crippen LogP contribution in [0.2, 0.25) is 5.02 Å². The van der Waals surface area contributed by atoms with Crippen LogP contribution in [0.3, 0.4) is 0 Å². The summed E-state index contributed by atoms with van der Waals surface area (Å²) in [5.41, 5.74) is 4.69. The molecule has 9 nitrogen and oxygen atoms in total. The highest BCUT2D eigenvalue weighted by Crippen LogP contribution is 2.28. The van der Waals surface area contributed by atoms with Crippen molar-refractivity contribution in [2.45, 2.75) is 51.6 Å². The van der Waals surface area contributed by atoms with Crippen molar-refractivity contribution in [2.24, 2.45) is 5.92 Å². The van der Waals surface area contributed by atoms with Crippen LogP contribution < -0.4 is 15.5 Å². The maximum Gasteiger partial charge on any atom is 0.243 e. The number of hydrogen-bond acceptors (Lipinski definition) is 7. The number of hydrogen-bond donors (Lipinski definition) is 2. The van der Waals surface area contributed by atoms with Crippen molar-refractivity contribution in [3.05, 3.63) is 76.9 Å². The summed E-state index contributed by atoms with van der Waals surface area (Å²) in [5, 5.41) is 5.89. The first-order valence-corrected chi connectivity index (χ1v) is 15.0. The second kappa shape index (κ2) is 15.4. The standard InChI is InChI=1S/C33H38ClN5O4/c1-3-5-31(33(43)36-22-41)38(2)20-26-18-28(9-8-25(26)21-40)37-32(42)16-23-12-14-39(15-13-23)29-10-11-30(35-19-29)24-6-4-7-27(34)17-24/h4,6-11,17-19,21-23,31H,3,5,12-16,20H2,1-2H3,(H,37,42)(H,36,41,43). The second-order valence-corrected chi connectivity index (χ2v) is 11.4. The van der Waals surface area contributed by atoms with Crippen molar-refractivity contribution in [1.82, 2.24) is 15.2 Å². The third-order valence-corrected chi connectivity index (χ3v) is 8.13. The Labute approximate surface area is 257 Å². The van der Waals surface area contributed by atoms with E-state index < -0.39 is 6.04 Å². The summed E-state index contributed by atoms with van der Waals surface area (Å²) < 4.78 is 0. The molecule has 0 aliphatic carbocycles. The van der Waals surface area contributed by atoms with Crippen LogP contribution in [0.1, 0.15) is 54.9 Å². The molecule has 2 aromatic carbocycles. The lowest BCUT2D eigenvalue weighted by Crippen LogP contribution is -2.44. The average Bonchev–Trinajstić information content (AvgIpc) is 3.00. The van der Waals surface area contributed by atoms with E-state index in [0.29, 0.717) is 47.6 Å². The molecule has 226 valence electrons. The molecule has 1 aliphatic rings. The SMILES string of the molecule is CCCC(C(=O)NC=O)N(C)Cc1cc(NC(=O)CC2CCN(c3ccc(-c4cccc(Cl)c4)nc3)CC2)ccc1C=O. The minimum atomic E-state index is -0.518. The van der Waals surface area contributed by atoms with Crippen LogP contribution in [0.5, 0.6) is 0 Å². The minimum absolute atomic E-state index is 0.0710. The fraction of sp³-hybridized carbons (Fsp3) is 0.364. The molecule has 4 rings (SSSR count). The zero-order chi connectivity index (χ0) is 30.8. The Kier molecular flexibility index (Phi) is 11.4. The molecule has 0 saturated carbocycles. The number of benzene rings is 2. The Morgan fingerprint density at radius 3 is 2.56 bits per heavy atom. The average molecular weight is 604 g/mol. The molecule has 1 aromatic heterocycles.